The van der Waals surface area contributed by atoms with Crippen LogP contribution in [0.5, 0.6) is 0 Å². The van der Waals surface area contributed by atoms with E-state index in [0.717, 1.165) is 37.8 Å². The van der Waals surface area contributed by atoms with Gasteiger partial charge in [0.05, 0.1) is 22.3 Å². The molecule has 5 heteroatoms. The molecule has 3 rings (SSSR count). The minimum Gasteiger partial charge on any atom is -0.339 e. The van der Waals surface area contributed by atoms with Gasteiger partial charge in [0, 0.05) is 19.6 Å². The van der Waals surface area contributed by atoms with Crippen LogP contribution < -0.4 is 4.90 Å². The summed E-state index contributed by atoms with van der Waals surface area (Å²) in [6, 6.07) is 5.58. The van der Waals surface area contributed by atoms with Gasteiger partial charge in [-0.05, 0) is 12.1 Å². The van der Waals surface area contributed by atoms with Crippen LogP contribution >= 0.6 is 23.2 Å². The Morgan fingerprint density at radius 1 is 1.06 bits per heavy atom. The second-order valence-corrected chi connectivity index (χ2v) is 4.71. The van der Waals surface area contributed by atoms with Gasteiger partial charge in [0.25, 0.3) is 0 Å². The van der Waals surface area contributed by atoms with E-state index in [1.807, 2.05) is 18.2 Å². The van der Waals surface area contributed by atoms with Crippen molar-refractivity contribution in [2.45, 2.75) is 0 Å². The highest BCUT2D eigenvalue weighted by atomic mass is 35.5. The summed E-state index contributed by atoms with van der Waals surface area (Å²) < 4.78 is 0. The van der Waals surface area contributed by atoms with Crippen LogP contribution in [0.1, 0.15) is 0 Å². The standard InChI is InChI=1S/C11H11Cl2N3/c12-8-2-1-3-9(13)10(8)16-7-6-15-5-4-14-11(15)16/h1-3H,4-7H2. The number of rotatable bonds is 1. The predicted molar refractivity (Wildman–Crippen MR) is 67.7 cm³/mol. The lowest BCUT2D eigenvalue weighted by atomic mass is 10.3. The predicted octanol–water partition coefficient (Wildman–Crippen LogP) is 2.49. The van der Waals surface area contributed by atoms with Crippen molar-refractivity contribution in [1.29, 1.82) is 0 Å². The van der Waals surface area contributed by atoms with Crippen molar-refractivity contribution in [3.05, 3.63) is 28.2 Å². The van der Waals surface area contributed by atoms with Crippen LogP contribution in [-0.2, 0) is 0 Å². The molecule has 1 aromatic rings. The van der Waals surface area contributed by atoms with E-state index in [1.54, 1.807) is 0 Å². The Kier molecular flexibility index (Phi) is 2.45. The Balaban J connectivity index is 2.04. The SMILES string of the molecule is Clc1cccc(Cl)c1N1CCN2CCN=C21. The average Bonchev–Trinajstić information content (AvgIpc) is 2.81. The number of para-hydroxylation sites is 1. The van der Waals surface area contributed by atoms with E-state index >= 15 is 0 Å². The number of aliphatic imine (C=N–C) groups is 1. The van der Waals surface area contributed by atoms with Crippen molar-refractivity contribution < 1.29 is 0 Å². The van der Waals surface area contributed by atoms with E-state index in [1.165, 1.54) is 0 Å². The van der Waals surface area contributed by atoms with E-state index in [9.17, 15) is 0 Å². The molecule has 0 N–H and O–H groups in total. The molecule has 0 amide bonds. The molecule has 2 aliphatic rings. The molecule has 1 fully saturated rings. The molecule has 16 heavy (non-hydrogen) atoms. The van der Waals surface area contributed by atoms with Crippen molar-refractivity contribution in [1.82, 2.24) is 4.90 Å². The molecule has 84 valence electrons. The van der Waals surface area contributed by atoms with E-state index in [4.69, 9.17) is 23.2 Å². The van der Waals surface area contributed by atoms with E-state index in [2.05, 4.69) is 14.8 Å². The lowest BCUT2D eigenvalue weighted by Crippen LogP contribution is -2.30. The molecule has 3 nitrogen and oxygen atoms in total. The van der Waals surface area contributed by atoms with E-state index in [-0.39, 0.29) is 0 Å². The molecule has 2 aliphatic heterocycles. The van der Waals surface area contributed by atoms with Crippen molar-refractivity contribution in [2.75, 3.05) is 31.1 Å². The number of guanidine groups is 1. The summed E-state index contributed by atoms with van der Waals surface area (Å²) in [5.74, 6) is 1.01. The largest absolute Gasteiger partial charge is 0.339 e. The Labute approximate surface area is 104 Å². The van der Waals surface area contributed by atoms with Crippen molar-refractivity contribution in [2.24, 2.45) is 4.99 Å². The molecule has 0 saturated carbocycles. The van der Waals surface area contributed by atoms with Gasteiger partial charge in [-0.25, -0.2) is 0 Å². The van der Waals surface area contributed by atoms with Crippen LogP contribution in [0.15, 0.2) is 23.2 Å². The normalized spacial score (nSPS) is 19.0. The molecule has 0 aliphatic carbocycles. The van der Waals surface area contributed by atoms with Gasteiger partial charge in [-0.15, -0.1) is 0 Å². The number of halogens is 2. The monoisotopic (exact) mass is 255 g/mol. The van der Waals surface area contributed by atoms with Gasteiger partial charge in [-0.3, -0.25) is 4.99 Å². The second-order valence-electron chi connectivity index (χ2n) is 3.89. The van der Waals surface area contributed by atoms with Crippen molar-refractivity contribution >= 4 is 34.8 Å². The summed E-state index contributed by atoms with van der Waals surface area (Å²) in [5.41, 5.74) is 0.883. The highest BCUT2D eigenvalue weighted by molar-refractivity contribution is 6.40. The first-order chi connectivity index (χ1) is 7.77. The molecule has 0 unspecified atom stereocenters. The quantitative estimate of drug-likeness (QED) is 0.768. The first-order valence-corrected chi connectivity index (χ1v) is 6.04. The fourth-order valence-corrected chi connectivity index (χ4v) is 2.82. The van der Waals surface area contributed by atoms with Gasteiger partial charge in [-0.2, -0.15) is 0 Å². The molecular weight excluding hydrogens is 245 g/mol. The Hall–Kier alpha value is -0.930. The van der Waals surface area contributed by atoms with Crippen LogP contribution in [0.2, 0.25) is 10.0 Å². The zero-order valence-electron chi connectivity index (χ0n) is 8.66. The maximum Gasteiger partial charge on any atom is 0.201 e. The highest BCUT2D eigenvalue weighted by Gasteiger charge is 2.32. The zero-order valence-corrected chi connectivity index (χ0v) is 10.2. The van der Waals surface area contributed by atoms with Gasteiger partial charge in [0.15, 0.2) is 0 Å². The summed E-state index contributed by atoms with van der Waals surface area (Å²) in [6.45, 7) is 3.78. The Bertz CT molecular complexity index is 438. The first-order valence-electron chi connectivity index (χ1n) is 5.28. The summed E-state index contributed by atoms with van der Waals surface area (Å²) >= 11 is 12.4. The maximum absolute atomic E-state index is 6.20. The molecule has 0 atom stereocenters. The smallest absolute Gasteiger partial charge is 0.201 e. The van der Waals surface area contributed by atoms with Gasteiger partial charge < -0.3 is 9.80 Å². The summed E-state index contributed by atoms with van der Waals surface area (Å²) in [5, 5.41) is 1.37. The Morgan fingerprint density at radius 3 is 2.56 bits per heavy atom. The molecule has 0 bridgehead atoms. The molecule has 2 heterocycles. The topological polar surface area (TPSA) is 18.8 Å². The Morgan fingerprint density at radius 2 is 1.81 bits per heavy atom. The molecule has 0 radical (unpaired) electrons. The van der Waals surface area contributed by atoms with Gasteiger partial charge in [-0.1, -0.05) is 29.3 Å². The third-order valence-corrected chi connectivity index (χ3v) is 3.56. The van der Waals surface area contributed by atoms with Crippen molar-refractivity contribution in [3.8, 4) is 0 Å². The zero-order chi connectivity index (χ0) is 11.1. The minimum atomic E-state index is 0.684. The molecule has 1 aromatic carbocycles. The number of anilines is 1. The fraction of sp³-hybridized carbons (Fsp3) is 0.364. The molecular formula is C11H11Cl2N3. The van der Waals surface area contributed by atoms with Crippen molar-refractivity contribution in [3.63, 3.8) is 0 Å². The highest BCUT2D eigenvalue weighted by Crippen LogP contribution is 2.35. The number of benzene rings is 1. The maximum atomic E-state index is 6.20. The lowest BCUT2D eigenvalue weighted by Gasteiger charge is -2.20. The fourth-order valence-electron chi connectivity index (χ4n) is 2.22. The van der Waals surface area contributed by atoms with Gasteiger partial charge >= 0.3 is 0 Å². The minimum absolute atomic E-state index is 0.684. The number of hydrogen-bond donors (Lipinski definition) is 0. The average molecular weight is 256 g/mol. The molecule has 0 spiro atoms. The first kappa shape index (κ1) is 10.2. The molecule has 1 saturated heterocycles. The van der Waals surface area contributed by atoms with Gasteiger partial charge in [0.2, 0.25) is 5.96 Å². The second kappa shape index (κ2) is 3.82. The number of hydrogen-bond acceptors (Lipinski definition) is 3. The summed E-state index contributed by atoms with van der Waals surface area (Å²) in [7, 11) is 0. The van der Waals surface area contributed by atoms with Crippen LogP contribution in [0.25, 0.3) is 0 Å². The van der Waals surface area contributed by atoms with Crippen LogP contribution in [0.3, 0.4) is 0 Å². The van der Waals surface area contributed by atoms with Gasteiger partial charge in [0.1, 0.15) is 0 Å². The third-order valence-electron chi connectivity index (χ3n) is 2.95. The van der Waals surface area contributed by atoms with Crippen LogP contribution in [-0.4, -0.2) is 37.0 Å². The van der Waals surface area contributed by atoms with Crippen LogP contribution in [0.4, 0.5) is 5.69 Å². The number of fused-ring (bicyclic) bond motifs is 1. The van der Waals surface area contributed by atoms with E-state index in [0.29, 0.717) is 10.0 Å². The summed E-state index contributed by atoms with van der Waals surface area (Å²) in [4.78, 5) is 8.86. The van der Waals surface area contributed by atoms with Crippen LogP contribution in [0, 0.1) is 0 Å². The lowest BCUT2D eigenvalue weighted by molar-refractivity contribution is 0.503. The molecule has 0 aromatic heterocycles. The van der Waals surface area contributed by atoms with E-state index < -0.39 is 0 Å². The number of nitrogens with zero attached hydrogens (tertiary/aromatic N) is 3. The third kappa shape index (κ3) is 1.46. The summed E-state index contributed by atoms with van der Waals surface area (Å²) in [6.07, 6.45) is 0.